The molecule has 8 nitrogen and oxygen atoms in total. The monoisotopic (exact) mass is 463 g/mol. The lowest BCUT2D eigenvalue weighted by atomic mass is 10.1. The van der Waals surface area contributed by atoms with Crippen LogP contribution < -0.4 is 10.2 Å². The molecule has 2 aromatic carbocycles. The van der Waals surface area contributed by atoms with E-state index in [9.17, 15) is 9.59 Å². The predicted molar refractivity (Wildman–Crippen MR) is 128 cm³/mol. The molecule has 33 heavy (non-hydrogen) atoms. The summed E-state index contributed by atoms with van der Waals surface area (Å²) >= 11 is 1.43. The molecule has 1 unspecified atom stereocenters. The number of para-hydroxylation sites is 2. The third kappa shape index (κ3) is 4.94. The van der Waals surface area contributed by atoms with Gasteiger partial charge in [-0.1, -0.05) is 41.6 Å². The van der Waals surface area contributed by atoms with Gasteiger partial charge in [-0.15, -0.1) is 16.4 Å². The fraction of sp³-hybridized carbons (Fsp3) is 0.250. The van der Waals surface area contributed by atoms with E-state index in [1.165, 1.54) is 11.3 Å². The van der Waals surface area contributed by atoms with Gasteiger partial charge in [-0.05, 0) is 42.1 Å². The van der Waals surface area contributed by atoms with Gasteiger partial charge in [0.25, 0.3) is 0 Å². The summed E-state index contributed by atoms with van der Waals surface area (Å²) in [6.07, 6.45) is 0. The molecular weight excluding hydrogens is 438 g/mol. The quantitative estimate of drug-likeness (QED) is 0.385. The molecule has 1 N–H and O–H groups in total. The molecule has 0 fully saturated rings. The summed E-state index contributed by atoms with van der Waals surface area (Å²) in [5, 5.41) is 13.1. The lowest BCUT2D eigenvalue weighted by Gasteiger charge is -2.31. The number of nitrogens with zero attached hydrogens (tertiary/aromatic N) is 4. The molecule has 170 valence electrons. The summed E-state index contributed by atoms with van der Waals surface area (Å²) in [6.45, 7) is 2.60. The molecule has 0 saturated carbocycles. The van der Waals surface area contributed by atoms with Crippen LogP contribution in [0.4, 0.5) is 5.69 Å². The van der Waals surface area contributed by atoms with Crippen molar-refractivity contribution in [3.05, 3.63) is 76.5 Å². The van der Waals surface area contributed by atoms with Crippen LogP contribution in [0, 0.1) is 6.92 Å². The van der Waals surface area contributed by atoms with E-state index in [1.807, 2.05) is 73.0 Å². The van der Waals surface area contributed by atoms with Crippen molar-refractivity contribution in [3.8, 4) is 0 Å². The minimum atomic E-state index is -0.828. The molecule has 0 bridgehead atoms. The fourth-order valence-electron chi connectivity index (χ4n) is 3.68. The summed E-state index contributed by atoms with van der Waals surface area (Å²) in [7, 11) is 1.58. The second kappa shape index (κ2) is 10.4. The van der Waals surface area contributed by atoms with Gasteiger partial charge in [0, 0.05) is 24.2 Å². The molecule has 0 spiro atoms. The molecule has 0 radical (unpaired) electrons. The Labute approximate surface area is 195 Å². The van der Waals surface area contributed by atoms with Crippen molar-refractivity contribution in [1.29, 1.82) is 0 Å². The highest BCUT2D eigenvalue weighted by Gasteiger charge is 2.34. The maximum absolute atomic E-state index is 13.8. The highest BCUT2D eigenvalue weighted by Crippen LogP contribution is 2.33. The van der Waals surface area contributed by atoms with Gasteiger partial charge in [0.1, 0.15) is 18.1 Å². The summed E-state index contributed by atoms with van der Waals surface area (Å²) in [4.78, 5) is 29.5. The average Bonchev–Trinajstić information content (AvgIpc) is 3.49. The Bertz CT molecular complexity index is 1240. The van der Waals surface area contributed by atoms with Crippen LogP contribution in [0.15, 0.2) is 66.0 Å². The lowest BCUT2D eigenvalue weighted by molar-refractivity contribution is -0.127. The van der Waals surface area contributed by atoms with Crippen molar-refractivity contribution in [2.45, 2.75) is 19.5 Å². The number of hydrogen-bond acceptors (Lipinski definition) is 6. The average molecular weight is 464 g/mol. The first kappa shape index (κ1) is 22.6. The van der Waals surface area contributed by atoms with Crippen LogP contribution in [0.5, 0.6) is 0 Å². The number of fused-ring (bicyclic) bond motifs is 1. The van der Waals surface area contributed by atoms with E-state index in [0.717, 1.165) is 16.0 Å². The van der Waals surface area contributed by atoms with Crippen molar-refractivity contribution in [1.82, 2.24) is 20.3 Å². The molecule has 0 saturated heterocycles. The van der Waals surface area contributed by atoms with Crippen molar-refractivity contribution < 1.29 is 14.3 Å². The maximum atomic E-state index is 13.8. The van der Waals surface area contributed by atoms with E-state index >= 15 is 0 Å². The molecular formula is C24H25N5O3S. The smallest absolute Gasteiger partial charge is 0.249 e. The van der Waals surface area contributed by atoms with Gasteiger partial charge in [0.05, 0.1) is 12.1 Å². The molecule has 2 amide bonds. The number of carbonyl (C=O) groups excluding carboxylic acids is 2. The van der Waals surface area contributed by atoms with Gasteiger partial charge in [0.15, 0.2) is 0 Å². The van der Waals surface area contributed by atoms with Crippen molar-refractivity contribution in [2.75, 3.05) is 25.2 Å². The third-order valence-corrected chi connectivity index (χ3v) is 6.20. The Morgan fingerprint density at radius 1 is 1.12 bits per heavy atom. The number of rotatable bonds is 9. The lowest BCUT2D eigenvalue weighted by Crippen LogP contribution is -2.45. The predicted octanol–water partition coefficient (Wildman–Crippen LogP) is 3.34. The van der Waals surface area contributed by atoms with Crippen LogP contribution in [0.2, 0.25) is 0 Å². The SMILES string of the molecule is COCCNC(=O)C(c1cccs1)N(C(=O)Cn1nnc2ccccc21)c1ccccc1C. The minimum Gasteiger partial charge on any atom is -0.383 e. The molecule has 4 rings (SSSR count). The van der Waals surface area contributed by atoms with E-state index in [2.05, 4.69) is 15.6 Å². The molecule has 1 atom stereocenters. The summed E-state index contributed by atoms with van der Waals surface area (Å²) in [5.74, 6) is -0.533. The number of methoxy groups -OCH3 is 1. The van der Waals surface area contributed by atoms with E-state index in [4.69, 9.17) is 4.74 Å². The van der Waals surface area contributed by atoms with E-state index in [-0.39, 0.29) is 18.4 Å². The van der Waals surface area contributed by atoms with Crippen LogP contribution in [0.3, 0.4) is 0 Å². The number of hydrogen-bond donors (Lipinski definition) is 1. The van der Waals surface area contributed by atoms with Gasteiger partial charge in [-0.2, -0.15) is 0 Å². The highest BCUT2D eigenvalue weighted by atomic mass is 32.1. The van der Waals surface area contributed by atoms with Crippen LogP contribution >= 0.6 is 11.3 Å². The molecule has 2 heterocycles. The second-order valence-corrected chi connectivity index (χ2v) is 8.47. The number of aromatic nitrogens is 3. The fourth-order valence-corrected chi connectivity index (χ4v) is 4.50. The highest BCUT2D eigenvalue weighted by molar-refractivity contribution is 7.10. The number of aryl methyl sites for hydroxylation is 1. The first-order chi connectivity index (χ1) is 16.1. The van der Waals surface area contributed by atoms with Gasteiger partial charge in [-0.3, -0.25) is 14.5 Å². The molecule has 0 aliphatic rings. The van der Waals surface area contributed by atoms with Crippen LogP contribution in [-0.4, -0.2) is 47.1 Å². The Kier molecular flexibility index (Phi) is 7.11. The number of amides is 2. The Hall–Kier alpha value is -3.56. The topological polar surface area (TPSA) is 89.4 Å². The second-order valence-electron chi connectivity index (χ2n) is 7.49. The summed E-state index contributed by atoms with van der Waals surface area (Å²) in [5.41, 5.74) is 3.03. The molecule has 4 aromatic rings. The third-order valence-electron chi connectivity index (χ3n) is 5.27. The van der Waals surface area contributed by atoms with E-state index in [0.29, 0.717) is 24.4 Å². The minimum absolute atomic E-state index is 0.0535. The normalized spacial score (nSPS) is 11.9. The molecule has 0 aliphatic heterocycles. The Balaban J connectivity index is 1.75. The van der Waals surface area contributed by atoms with Gasteiger partial charge < -0.3 is 10.1 Å². The van der Waals surface area contributed by atoms with Gasteiger partial charge in [-0.25, -0.2) is 4.68 Å². The van der Waals surface area contributed by atoms with Crippen molar-refractivity contribution in [2.24, 2.45) is 0 Å². The number of ether oxygens (including phenoxy) is 1. The van der Waals surface area contributed by atoms with Crippen LogP contribution in [-0.2, 0) is 20.9 Å². The first-order valence-electron chi connectivity index (χ1n) is 10.6. The first-order valence-corrected chi connectivity index (χ1v) is 11.4. The summed E-state index contributed by atoms with van der Waals surface area (Å²) in [6, 6.07) is 17.9. The Morgan fingerprint density at radius 3 is 2.67 bits per heavy atom. The summed E-state index contributed by atoms with van der Waals surface area (Å²) < 4.78 is 6.64. The largest absolute Gasteiger partial charge is 0.383 e. The van der Waals surface area contributed by atoms with Gasteiger partial charge >= 0.3 is 0 Å². The van der Waals surface area contributed by atoms with Crippen LogP contribution in [0.25, 0.3) is 11.0 Å². The van der Waals surface area contributed by atoms with E-state index < -0.39 is 6.04 Å². The standard InChI is InChI=1S/C24H25N5O3S/c1-17-8-3-5-10-19(17)29(22(30)16-28-20-11-6-4-9-18(20)26-27-28)23(21-12-7-15-33-21)24(31)25-13-14-32-2/h3-12,15,23H,13-14,16H2,1-2H3,(H,25,31). The van der Waals surface area contributed by atoms with E-state index in [1.54, 1.807) is 16.7 Å². The maximum Gasteiger partial charge on any atom is 0.249 e. The van der Waals surface area contributed by atoms with Crippen LogP contribution in [0.1, 0.15) is 16.5 Å². The van der Waals surface area contributed by atoms with Gasteiger partial charge in [0.2, 0.25) is 11.8 Å². The van der Waals surface area contributed by atoms with Crippen molar-refractivity contribution in [3.63, 3.8) is 0 Å². The number of nitrogens with one attached hydrogen (secondary N) is 1. The van der Waals surface area contributed by atoms with Crippen molar-refractivity contribution >= 4 is 39.9 Å². The zero-order valence-electron chi connectivity index (χ0n) is 18.5. The zero-order valence-corrected chi connectivity index (χ0v) is 19.3. The zero-order chi connectivity index (χ0) is 23.2. The Morgan fingerprint density at radius 2 is 1.91 bits per heavy atom. The number of thiophene rings is 1. The molecule has 9 heteroatoms. The molecule has 2 aromatic heterocycles. The number of carbonyl (C=O) groups is 2. The number of anilines is 1. The molecule has 0 aliphatic carbocycles. The number of benzene rings is 2.